The minimum Gasteiger partial charge on any atom is -0.285 e. The standard InChI is InChI=1S/C5H6BrCl2OP/c1-2-5(6)3-4-10(7,8)9/h2-4H,1H3/b4-3+,5-2-. The summed E-state index contributed by atoms with van der Waals surface area (Å²) in [6.45, 7) is 1.84. The van der Waals surface area contributed by atoms with Crippen molar-refractivity contribution in [2.24, 2.45) is 0 Å². The number of allylic oxidation sites excluding steroid dienone is 3. The average molecular weight is 264 g/mol. The summed E-state index contributed by atoms with van der Waals surface area (Å²) < 4.78 is 11.4. The van der Waals surface area contributed by atoms with E-state index in [0.29, 0.717) is 0 Å². The average Bonchev–Trinajstić information content (AvgIpc) is 1.81. The van der Waals surface area contributed by atoms with Crippen molar-refractivity contribution in [3.63, 3.8) is 0 Å². The molecule has 0 heterocycles. The zero-order chi connectivity index (χ0) is 8.20. The van der Waals surface area contributed by atoms with Crippen molar-refractivity contribution < 1.29 is 4.57 Å². The van der Waals surface area contributed by atoms with Crippen LogP contribution >= 0.6 is 44.3 Å². The van der Waals surface area contributed by atoms with Gasteiger partial charge in [-0.15, -0.1) is 0 Å². The number of hydrogen-bond donors (Lipinski definition) is 0. The summed E-state index contributed by atoms with van der Waals surface area (Å²) in [4.78, 5) is 0. The van der Waals surface area contributed by atoms with E-state index < -0.39 is 5.85 Å². The van der Waals surface area contributed by atoms with Crippen LogP contribution in [0.1, 0.15) is 6.92 Å². The topological polar surface area (TPSA) is 17.1 Å². The highest BCUT2D eigenvalue weighted by Gasteiger charge is 2.05. The van der Waals surface area contributed by atoms with Gasteiger partial charge in [0.25, 0.3) is 5.85 Å². The normalized spacial score (nSPS) is 14.6. The Bertz CT molecular complexity index is 206. The molecule has 0 spiro atoms. The summed E-state index contributed by atoms with van der Waals surface area (Å²) in [6.07, 6.45) is 3.35. The summed E-state index contributed by atoms with van der Waals surface area (Å²) in [7, 11) is 0. The SMILES string of the molecule is C/C=C(Br)/C=C/P(=O)(Cl)Cl. The Labute approximate surface area is 78.2 Å². The molecule has 1 nitrogen and oxygen atoms in total. The molecule has 0 aromatic heterocycles. The van der Waals surface area contributed by atoms with Gasteiger partial charge in [0.05, 0.1) is 0 Å². The fourth-order valence-electron chi connectivity index (χ4n) is 0.254. The third-order valence-corrected chi connectivity index (χ3v) is 2.58. The molecule has 0 aliphatic heterocycles. The molecule has 0 fully saturated rings. The van der Waals surface area contributed by atoms with Crippen molar-refractivity contribution in [2.75, 3.05) is 0 Å². The Balaban J connectivity index is 4.15. The minimum atomic E-state index is -3.04. The van der Waals surface area contributed by atoms with E-state index >= 15 is 0 Å². The van der Waals surface area contributed by atoms with Crippen molar-refractivity contribution in [3.05, 3.63) is 22.5 Å². The fourth-order valence-corrected chi connectivity index (χ4v) is 1.26. The van der Waals surface area contributed by atoms with Crippen LogP contribution in [0.4, 0.5) is 0 Å². The lowest BCUT2D eigenvalue weighted by atomic mass is 10.5. The largest absolute Gasteiger partial charge is 0.285 e. The lowest BCUT2D eigenvalue weighted by Gasteiger charge is -1.89. The summed E-state index contributed by atoms with van der Waals surface area (Å²) in [6, 6.07) is 0. The lowest BCUT2D eigenvalue weighted by molar-refractivity contribution is 0.597. The first-order valence-corrected chi connectivity index (χ1v) is 6.83. The summed E-state index contributed by atoms with van der Waals surface area (Å²) in [5.41, 5.74) is 0. The zero-order valence-electron chi connectivity index (χ0n) is 5.22. The first-order valence-electron chi connectivity index (χ1n) is 2.46. The Morgan fingerprint density at radius 1 is 1.60 bits per heavy atom. The van der Waals surface area contributed by atoms with Crippen LogP contribution in [0.25, 0.3) is 0 Å². The van der Waals surface area contributed by atoms with E-state index in [-0.39, 0.29) is 0 Å². The molecule has 0 radical (unpaired) electrons. The predicted molar refractivity (Wildman–Crippen MR) is 51.1 cm³/mol. The Morgan fingerprint density at radius 2 is 2.10 bits per heavy atom. The van der Waals surface area contributed by atoms with Crippen molar-refractivity contribution >= 4 is 44.3 Å². The smallest absolute Gasteiger partial charge is 0.275 e. The van der Waals surface area contributed by atoms with Gasteiger partial charge in [0.2, 0.25) is 0 Å². The maximum absolute atomic E-state index is 10.6. The van der Waals surface area contributed by atoms with E-state index in [0.717, 1.165) is 4.48 Å². The maximum atomic E-state index is 10.6. The Hall–Kier alpha value is 0.770. The summed E-state index contributed by atoms with van der Waals surface area (Å²) in [5.74, 6) is -1.78. The summed E-state index contributed by atoms with van der Waals surface area (Å²) >= 11 is 13.6. The third-order valence-electron chi connectivity index (χ3n) is 0.683. The highest BCUT2D eigenvalue weighted by Crippen LogP contribution is 2.58. The second-order valence-electron chi connectivity index (χ2n) is 1.49. The van der Waals surface area contributed by atoms with Gasteiger partial charge in [-0.1, -0.05) is 22.0 Å². The van der Waals surface area contributed by atoms with E-state index in [1.807, 2.05) is 6.92 Å². The van der Waals surface area contributed by atoms with Gasteiger partial charge in [-0.3, -0.25) is 4.57 Å². The molecule has 5 heteroatoms. The maximum Gasteiger partial charge on any atom is 0.275 e. The van der Waals surface area contributed by atoms with Crippen LogP contribution in [0, 0.1) is 0 Å². The van der Waals surface area contributed by atoms with Gasteiger partial charge in [0, 0.05) is 10.3 Å². The van der Waals surface area contributed by atoms with Crippen LogP contribution < -0.4 is 0 Å². The molecular weight excluding hydrogens is 258 g/mol. The van der Waals surface area contributed by atoms with Crippen molar-refractivity contribution in [1.29, 1.82) is 0 Å². The van der Waals surface area contributed by atoms with Crippen molar-refractivity contribution in [2.45, 2.75) is 6.92 Å². The fraction of sp³-hybridized carbons (Fsp3) is 0.200. The second-order valence-corrected chi connectivity index (χ2v) is 7.24. The predicted octanol–water partition coefficient (Wildman–Crippen LogP) is 4.47. The molecule has 0 saturated carbocycles. The molecule has 0 amide bonds. The minimum absolute atomic E-state index is 0.800. The van der Waals surface area contributed by atoms with Crippen LogP contribution in [0.3, 0.4) is 0 Å². The molecule has 0 saturated heterocycles. The van der Waals surface area contributed by atoms with Gasteiger partial charge in [-0.25, -0.2) is 0 Å². The molecule has 0 bridgehead atoms. The van der Waals surface area contributed by atoms with Crippen molar-refractivity contribution in [1.82, 2.24) is 0 Å². The van der Waals surface area contributed by atoms with E-state index in [9.17, 15) is 4.57 Å². The highest BCUT2D eigenvalue weighted by molar-refractivity contribution is 9.11. The van der Waals surface area contributed by atoms with Gasteiger partial charge in [-0.05, 0) is 35.5 Å². The van der Waals surface area contributed by atoms with Gasteiger partial charge < -0.3 is 0 Å². The molecule has 0 aromatic carbocycles. The molecular formula is C5H6BrCl2OP. The van der Waals surface area contributed by atoms with Crippen LogP contribution in [0.15, 0.2) is 22.5 Å². The Morgan fingerprint density at radius 3 is 2.40 bits per heavy atom. The number of halogens is 3. The van der Waals surface area contributed by atoms with Crippen molar-refractivity contribution in [3.8, 4) is 0 Å². The molecule has 0 aliphatic carbocycles. The molecule has 0 N–H and O–H groups in total. The molecule has 0 aliphatic rings. The molecule has 0 aromatic rings. The van der Waals surface area contributed by atoms with Gasteiger partial charge in [0.1, 0.15) is 0 Å². The number of hydrogen-bond acceptors (Lipinski definition) is 1. The first-order chi connectivity index (χ1) is 4.45. The third kappa shape index (κ3) is 6.88. The molecule has 0 rings (SSSR count). The zero-order valence-corrected chi connectivity index (χ0v) is 9.21. The van der Waals surface area contributed by atoms with E-state index in [2.05, 4.69) is 15.9 Å². The molecule has 10 heavy (non-hydrogen) atoms. The van der Waals surface area contributed by atoms with Crippen LogP contribution in [0.2, 0.25) is 0 Å². The first kappa shape index (κ1) is 10.8. The Kier molecular flexibility index (Phi) is 4.96. The highest BCUT2D eigenvalue weighted by atomic mass is 79.9. The molecule has 58 valence electrons. The van der Waals surface area contributed by atoms with Gasteiger partial charge in [0.15, 0.2) is 0 Å². The van der Waals surface area contributed by atoms with E-state index in [1.54, 1.807) is 12.2 Å². The van der Waals surface area contributed by atoms with Gasteiger partial charge >= 0.3 is 0 Å². The van der Waals surface area contributed by atoms with Crippen LogP contribution in [0.5, 0.6) is 0 Å². The molecule has 0 unspecified atom stereocenters. The monoisotopic (exact) mass is 262 g/mol. The van der Waals surface area contributed by atoms with Gasteiger partial charge in [-0.2, -0.15) is 0 Å². The molecule has 0 atom stereocenters. The quantitative estimate of drug-likeness (QED) is 0.531. The second kappa shape index (κ2) is 4.61. The van der Waals surface area contributed by atoms with E-state index in [1.165, 1.54) is 5.82 Å². The number of rotatable bonds is 2. The summed E-state index contributed by atoms with van der Waals surface area (Å²) in [5, 5.41) is 0. The lowest BCUT2D eigenvalue weighted by Crippen LogP contribution is -1.56. The van der Waals surface area contributed by atoms with E-state index in [4.69, 9.17) is 22.5 Å². The van der Waals surface area contributed by atoms with Crippen LogP contribution in [-0.2, 0) is 4.57 Å². The van der Waals surface area contributed by atoms with Crippen LogP contribution in [-0.4, -0.2) is 0 Å².